The summed E-state index contributed by atoms with van der Waals surface area (Å²) >= 11 is 1.50. The van der Waals surface area contributed by atoms with E-state index in [-0.39, 0.29) is 0 Å². The smallest absolute Gasteiger partial charge is 0.151 e. The Morgan fingerprint density at radius 3 is 2.57 bits per heavy atom. The highest BCUT2D eigenvalue weighted by molar-refractivity contribution is 14.1. The molecule has 1 aromatic rings. The second-order valence-electron chi connectivity index (χ2n) is 3.05. The standard InChI is InChI=1S/C8H10IN3OS/c9-7-1-2-8(11-10-7)12-3-5-14(13)6-4-12/h1-2H,3-6H2. The van der Waals surface area contributed by atoms with Crippen molar-refractivity contribution >= 4 is 39.6 Å². The van der Waals surface area contributed by atoms with Gasteiger partial charge in [-0.15, -0.1) is 10.2 Å². The summed E-state index contributed by atoms with van der Waals surface area (Å²) in [5.41, 5.74) is 0. The van der Waals surface area contributed by atoms with E-state index in [0.29, 0.717) is 0 Å². The van der Waals surface area contributed by atoms with E-state index in [1.54, 1.807) is 0 Å². The molecule has 1 aromatic heterocycles. The van der Waals surface area contributed by atoms with Gasteiger partial charge >= 0.3 is 0 Å². The quantitative estimate of drug-likeness (QED) is 0.563. The molecular weight excluding hydrogens is 313 g/mol. The van der Waals surface area contributed by atoms with Gasteiger partial charge in [0.15, 0.2) is 5.82 Å². The van der Waals surface area contributed by atoms with Gasteiger partial charge in [-0.2, -0.15) is 0 Å². The maximum Gasteiger partial charge on any atom is 0.151 e. The Morgan fingerprint density at radius 1 is 1.29 bits per heavy atom. The third-order valence-corrected chi connectivity index (χ3v) is 3.97. The van der Waals surface area contributed by atoms with Crippen molar-refractivity contribution in [1.29, 1.82) is 0 Å². The van der Waals surface area contributed by atoms with E-state index in [1.165, 1.54) is 0 Å². The van der Waals surface area contributed by atoms with E-state index < -0.39 is 11.2 Å². The van der Waals surface area contributed by atoms with E-state index in [0.717, 1.165) is 34.1 Å². The zero-order chi connectivity index (χ0) is 9.97. The molecule has 1 aliphatic rings. The molecule has 0 spiro atoms. The molecule has 1 fully saturated rings. The monoisotopic (exact) mass is 323 g/mol. The van der Waals surface area contributed by atoms with Gasteiger partial charge in [-0.05, 0) is 34.7 Å². The fourth-order valence-electron chi connectivity index (χ4n) is 1.34. The second kappa shape index (κ2) is 4.63. The van der Waals surface area contributed by atoms with Crippen molar-refractivity contribution in [2.75, 3.05) is 29.5 Å². The minimum Gasteiger partial charge on any atom is -0.616 e. The molecule has 2 rings (SSSR count). The molecule has 0 atom stereocenters. The summed E-state index contributed by atoms with van der Waals surface area (Å²) < 4.78 is 12.0. The van der Waals surface area contributed by atoms with Crippen LogP contribution in [-0.2, 0) is 11.2 Å². The molecule has 0 radical (unpaired) electrons. The lowest BCUT2D eigenvalue weighted by Crippen LogP contribution is -2.40. The molecule has 0 N–H and O–H groups in total. The average Bonchev–Trinajstić information content (AvgIpc) is 2.21. The molecular formula is C8H10IN3OS. The SMILES string of the molecule is [O-][S+]1CCN(c2ccc(I)nn2)CC1. The summed E-state index contributed by atoms with van der Waals surface area (Å²) in [7, 11) is 0. The average molecular weight is 323 g/mol. The fourth-order valence-corrected chi connectivity index (χ4v) is 2.68. The van der Waals surface area contributed by atoms with Crippen LogP contribution in [0.15, 0.2) is 12.1 Å². The zero-order valence-corrected chi connectivity index (χ0v) is 10.5. The van der Waals surface area contributed by atoms with Gasteiger partial charge in [-0.3, -0.25) is 0 Å². The predicted molar refractivity (Wildman–Crippen MR) is 64.8 cm³/mol. The summed E-state index contributed by atoms with van der Waals surface area (Å²) in [6, 6.07) is 3.90. The van der Waals surface area contributed by atoms with Gasteiger partial charge in [0.1, 0.15) is 15.2 Å². The normalized spacial score (nSPS) is 18.6. The van der Waals surface area contributed by atoms with Crippen molar-refractivity contribution < 1.29 is 4.55 Å². The van der Waals surface area contributed by atoms with Crippen LogP contribution in [0.1, 0.15) is 0 Å². The molecule has 0 saturated carbocycles. The van der Waals surface area contributed by atoms with Gasteiger partial charge in [-0.1, -0.05) is 11.2 Å². The molecule has 2 heterocycles. The van der Waals surface area contributed by atoms with Crippen LogP contribution in [0.5, 0.6) is 0 Å². The third kappa shape index (κ3) is 2.48. The Bertz CT molecular complexity index is 300. The van der Waals surface area contributed by atoms with E-state index in [2.05, 4.69) is 37.7 Å². The summed E-state index contributed by atoms with van der Waals surface area (Å²) in [6.45, 7) is 1.64. The molecule has 1 aliphatic heterocycles. The van der Waals surface area contributed by atoms with Crippen molar-refractivity contribution in [3.63, 3.8) is 0 Å². The Hall–Kier alpha value is -0.0800. The molecule has 0 amide bonds. The number of aromatic nitrogens is 2. The van der Waals surface area contributed by atoms with Crippen LogP contribution < -0.4 is 4.90 Å². The van der Waals surface area contributed by atoms with Crippen molar-refractivity contribution in [1.82, 2.24) is 10.2 Å². The third-order valence-electron chi connectivity index (χ3n) is 2.12. The van der Waals surface area contributed by atoms with Gasteiger partial charge in [0, 0.05) is 0 Å². The molecule has 0 aromatic carbocycles. The zero-order valence-electron chi connectivity index (χ0n) is 7.52. The number of anilines is 1. The van der Waals surface area contributed by atoms with Crippen LogP contribution in [0.25, 0.3) is 0 Å². The van der Waals surface area contributed by atoms with E-state index in [9.17, 15) is 4.55 Å². The number of halogens is 1. The Kier molecular flexibility index (Phi) is 3.45. The van der Waals surface area contributed by atoms with E-state index in [4.69, 9.17) is 0 Å². The predicted octanol–water partition coefficient (Wildman–Crippen LogP) is 0.650. The Labute approximate surface area is 99.4 Å². The lowest BCUT2D eigenvalue weighted by molar-refractivity contribution is 0.585. The van der Waals surface area contributed by atoms with Gasteiger partial charge < -0.3 is 9.45 Å². The minimum absolute atomic E-state index is 0.630. The molecule has 0 aliphatic carbocycles. The molecule has 76 valence electrons. The maximum atomic E-state index is 11.1. The summed E-state index contributed by atoms with van der Waals surface area (Å²) in [6.07, 6.45) is 0. The first-order valence-corrected chi connectivity index (χ1v) is 6.91. The number of hydrogen-bond acceptors (Lipinski definition) is 4. The molecule has 0 bridgehead atoms. The second-order valence-corrected chi connectivity index (χ2v) is 5.85. The maximum absolute atomic E-state index is 11.1. The molecule has 1 saturated heterocycles. The largest absolute Gasteiger partial charge is 0.616 e. The Morgan fingerprint density at radius 2 is 2.00 bits per heavy atom. The summed E-state index contributed by atoms with van der Waals surface area (Å²) in [5, 5.41) is 8.09. The van der Waals surface area contributed by atoms with Crippen LogP contribution in [0.2, 0.25) is 0 Å². The van der Waals surface area contributed by atoms with Crippen LogP contribution in [0, 0.1) is 3.70 Å². The van der Waals surface area contributed by atoms with Gasteiger partial charge in [0.2, 0.25) is 0 Å². The number of rotatable bonds is 1. The summed E-state index contributed by atoms with van der Waals surface area (Å²) in [5.74, 6) is 2.38. The number of nitrogens with zero attached hydrogens (tertiary/aromatic N) is 3. The molecule has 4 nitrogen and oxygen atoms in total. The van der Waals surface area contributed by atoms with Gasteiger partial charge in [0.25, 0.3) is 0 Å². The van der Waals surface area contributed by atoms with Crippen LogP contribution in [0.3, 0.4) is 0 Å². The first-order chi connectivity index (χ1) is 6.75. The highest BCUT2D eigenvalue weighted by atomic mass is 127. The van der Waals surface area contributed by atoms with E-state index in [1.807, 2.05) is 12.1 Å². The van der Waals surface area contributed by atoms with Gasteiger partial charge in [-0.25, -0.2) is 0 Å². The van der Waals surface area contributed by atoms with Crippen LogP contribution >= 0.6 is 22.6 Å². The van der Waals surface area contributed by atoms with E-state index >= 15 is 0 Å². The lowest BCUT2D eigenvalue weighted by Gasteiger charge is -2.28. The van der Waals surface area contributed by atoms with Crippen molar-refractivity contribution in [3.05, 3.63) is 15.8 Å². The Balaban J connectivity index is 2.05. The molecule has 14 heavy (non-hydrogen) atoms. The summed E-state index contributed by atoms with van der Waals surface area (Å²) in [4.78, 5) is 2.13. The van der Waals surface area contributed by atoms with Crippen molar-refractivity contribution in [2.45, 2.75) is 0 Å². The van der Waals surface area contributed by atoms with Crippen LogP contribution in [-0.4, -0.2) is 39.3 Å². The lowest BCUT2D eigenvalue weighted by atomic mass is 10.4. The first kappa shape index (κ1) is 10.4. The van der Waals surface area contributed by atoms with Gasteiger partial charge in [0.05, 0.1) is 13.1 Å². The first-order valence-electron chi connectivity index (χ1n) is 4.35. The highest BCUT2D eigenvalue weighted by Crippen LogP contribution is 2.13. The minimum atomic E-state index is -0.630. The molecule has 6 heteroatoms. The van der Waals surface area contributed by atoms with Crippen molar-refractivity contribution in [2.24, 2.45) is 0 Å². The highest BCUT2D eigenvalue weighted by Gasteiger charge is 2.20. The fraction of sp³-hybridized carbons (Fsp3) is 0.500. The number of hydrogen-bond donors (Lipinski definition) is 0. The van der Waals surface area contributed by atoms with Crippen molar-refractivity contribution in [3.8, 4) is 0 Å². The van der Waals surface area contributed by atoms with Crippen LogP contribution in [0.4, 0.5) is 5.82 Å². The molecule has 0 unspecified atom stereocenters. The topological polar surface area (TPSA) is 52.1 Å².